The molecule has 1 aromatic carbocycles. The maximum Gasteiger partial charge on any atom is 0.258 e. The van der Waals surface area contributed by atoms with Crippen molar-refractivity contribution in [3.63, 3.8) is 0 Å². The number of aliphatic hydroxyl groups excluding tert-OH is 1. The van der Waals surface area contributed by atoms with E-state index in [1.807, 2.05) is 32.2 Å². The molecule has 0 bridgehead atoms. The number of pyridine rings is 1. The molecule has 1 saturated carbocycles. The number of fused-ring (bicyclic) bond motifs is 1. The smallest absolute Gasteiger partial charge is 0.258 e. The van der Waals surface area contributed by atoms with Crippen molar-refractivity contribution < 1.29 is 19.4 Å². The van der Waals surface area contributed by atoms with Crippen LogP contribution in [0.3, 0.4) is 0 Å². The van der Waals surface area contributed by atoms with Crippen molar-refractivity contribution in [2.45, 2.75) is 64.6 Å². The topological polar surface area (TPSA) is 95.0 Å². The molecule has 2 aliphatic rings. The molecule has 8 heteroatoms. The summed E-state index contributed by atoms with van der Waals surface area (Å²) in [6, 6.07) is 9.01. The average Bonchev–Trinajstić information content (AvgIpc) is 2.91. The van der Waals surface area contributed by atoms with Gasteiger partial charge in [-0.15, -0.1) is 0 Å². The van der Waals surface area contributed by atoms with Crippen LogP contribution in [0, 0.1) is 11.8 Å². The predicted molar refractivity (Wildman–Crippen MR) is 143 cm³/mol. The van der Waals surface area contributed by atoms with E-state index < -0.39 is 0 Å². The molecular formula is C29H40N4O4. The molecule has 37 heavy (non-hydrogen) atoms. The van der Waals surface area contributed by atoms with Crippen LogP contribution in [0.4, 0.5) is 5.69 Å². The summed E-state index contributed by atoms with van der Waals surface area (Å²) in [5.74, 6) is 0.196. The minimum atomic E-state index is -0.336. The average molecular weight is 509 g/mol. The van der Waals surface area contributed by atoms with Gasteiger partial charge in [0.25, 0.3) is 5.91 Å². The fourth-order valence-electron chi connectivity index (χ4n) is 5.33. The molecule has 1 aliphatic heterocycles. The summed E-state index contributed by atoms with van der Waals surface area (Å²) in [5, 5.41) is 13.0. The number of aromatic nitrogens is 1. The van der Waals surface area contributed by atoms with Crippen LogP contribution in [0.25, 0.3) is 0 Å². The molecule has 2 aromatic rings. The fraction of sp³-hybridized carbons (Fsp3) is 0.552. The van der Waals surface area contributed by atoms with Gasteiger partial charge in [-0.2, -0.15) is 0 Å². The number of nitrogens with zero attached hydrogens (tertiary/aromatic N) is 3. The quantitative estimate of drug-likeness (QED) is 0.561. The summed E-state index contributed by atoms with van der Waals surface area (Å²) >= 11 is 0. The number of rotatable bonds is 8. The van der Waals surface area contributed by atoms with Crippen LogP contribution in [0.1, 0.15) is 61.9 Å². The standard InChI is InChI=1S/C29H40N4O4/c1-20-16-33(21(2)19-34)29(36)24-10-7-11-25(31-28(35)23-8-5-4-6-9-23)27(24)37-26(20)18-32(3)17-22-12-14-30-15-13-22/h7,10-15,20-21,23,26,34H,4-6,8-9,16-19H2,1-3H3,(H,31,35)/t20-,21-,26-/m0/s1. The van der Waals surface area contributed by atoms with E-state index in [0.29, 0.717) is 30.1 Å². The highest BCUT2D eigenvalue weighted by Gasteiger charge is 2.35. The van der Waals surface area contributed by atoms with Crippen molar-refractivity contribution in [2.75, 3.05) is 32.1 Å². The van der Waals surface area contributed by atoms with Crippen LogP contribution < -0.4 is 10.1 Å². The molecule has 2 heterocycles. The SMILES string of the molecule is C[C@H]1CN([C@@H](C)CO)C(=O)c2cccc(NC(=O)C3CCCCC3)c2O[C@H]1CN(C)Cc1ccncc1. The van der Waals surface area contributed by atoms with Gasteiger partial charge in [-0.05, 0) is 56.6 Å². The van der Waals surface area contributed by atoms with Gasteiger partial charge < -0.3 is 20.1 Å². The molecule has 1 aromatic heterocycles. The van der Waals surface area contributed by atoms with Crippen LogP contribution in [-0.2, 0) is 11.3 Å². The highest BCUT2D eigenvalue weighted by molar-refractivity contribution is 6.02. The number of carbonyl (C=O) groups excluding carboxylic acids is 2. The molecule has 4 rings (SSSR count). The number of anilines is 1. The van der Waals surface area contributed by atoms with Crippen LogP contribution in [0.2, 0.25) is 0 Å². The van der Waals surface area contributed by atoms with E-state index in [1.54, 1.807) is 29.4 Å². The third-order valence-corrected chi connectivity index (χ3v) is 7.62. The Morgan fingerprint density at radius 2 is 1.95 bits per heavy atom. The number of hydrogen-bond donors (Lipinski definition) is 2. The van der Waals surface area contributed by atoms with Gasteiger partial charge in [-0.25, -0.2) is 0 Å². The van der Waals surface area contributed by atoms with Crippen molar-refractivity contribution in [2.24, 2.45) is 11.8 Å². The van der Waals surface area contributed by atoms with E-state index in [9.17, 15) is 14.7 Å². The van der Waals surface area contributed by atoms with E-state index in [2.05, 4.69) is 22.1 Å². The zero-order valence-electron chi connectivity index (χ0n) is 22.2. The Hall–Kier alpha value is -2.97. The van der Waals surface area contributed by atoms with Gasteiger partial charge in [0.1, 0.15) is 6.10 Å². The lowest BCUT2D eigenvalue weighted by molar-refractivity contribution is -0.120. The first kappa shape index (κ1) is 27.1. The predicted octanol–water partition coefficient (Wildman–Crippen LogP) is 3.95. The Morgan fingerprint density at radius 3 is 2.65 bits per heavy atom. The number of amides is 2. The monoisotopic (exact) mass is 508 g/mol. The van der Waals surface area contributed by atoms with Crippen molar-refractivity contribution in [3.05, 3.63) is 53.9 Å². The second-order valence-electron chi connectivity index (χ2n) is 10.7. The molecule has 2 N–H and O–H groups in total. The molecule has 3 atom stereocenters. The molecule has 200 valence electrons. The van der Waals surface area contributed by atoms with Crippen molar-refractivity contribution in [1.82, 2.24) is 14.8 Å². The van der Waals surface area contributed by atoms with Crippen LogP contribution in [-0.4, -0.2) is 70.6 Å². The second kappa shape index (κ2) is 12.5. The first-order valence-corrected chi connectivity index (χ1v) is 13.5. The van der Waals surface area contributed by atoms with Crippen molar-refractivity contribution in [3.8, 4) is 5.75 Å². The molecule has 8 nitrogen and oxygen atoms in total. The third kappa shape index (κ3) is 6.67. The van der Waals surface area contributed by atoms with E-state index in [-0.39, 0.29) is 42.4 Å². The highest BCUT2D eigenvalue weighted by atomic mass is 16.5. The van der Waals surface area contributed by atoms with Gasteiger partial charge in [0, 0.05) is 43.9 Å². The zero-order valence-corrected chi connectivity index (χ0v) is 22.2. The number of aliphatic hydroxyl groups is 1. The van der Waals surface area contributed by atoms with Gasteiger partial charge in [0.2, 0.25) is 5.91 Å². The molecule has 0 unspecified atom stereocenters. The summed E-state index contributed by atoms with van der Waals surface area (Å²) < 4.78 is 6.63. The van der Waals surface area contributed by atoms with E-state index in [1.165, 1.54) is 6.42 Å². The normalized spacial score (nSPS) is 21.5. The molecule has 0 saturated heterocycles. The summed E-state index contributed by atoms with van der Waals surface area (Å²) in [6.07, 6.45) is 8.43. The Labute approximate surface area is 220 Å². The van der Waals surface area contributed by atoms with Crippen LogP contribution in [0.5, 0.6) is 5.75 Å². The van der Waals surface area contributed by atoms with Gasteiger partial charge in [-0.3, -0.25) is 19.5 Å². The Bertz CT molecular complexity index is 1060. The Morgan fingerprint density at radius 1 is 1.22 bits per heavy atom. The van der Waals surface area contributed by atoms with Crippen LogP contribution in [0.15, 0.2) is 42.7 Å². The fourth-order valence-corrected chi connectivity index (χ4v) is 5.33. The Kier molecular flexibility index (Phi) is 9.16. The van der Waals surface area contributed by atoms with E-state index >= 15 is 0 Å². The maximum atomic E-state index is 13.7. The number of carbonyl (C=O) groups is 2. The first-order chi connectivity index (χ1) is 17.9. The third-order valence-electron chi connectivity index (χ3n) is 7.62. The Balaban J connectivity index is 1.63. The lowest BCUT2D eigenvalue weighted by Crippen LogP contribution is -2.49. The minimum Gasteiger partial charge on any atom is -0.486 e. The lowest BCUT2D eigenvalue weighted by Gasteiger charge is -2.38. The van der Waals surface area contributed by atoms with Crippen molar-refractivity contribution >= 4 is 17.5 Å². The number of nitrogens with one attached hydrogen (secondary N) is 1. The number of likely N-dealkylation sites (N-methyl/N-ethyl adjacent to an activating group) is 1. The van der Waals surface area contributed by atoms with Crippen molar-refractivity contribution in [1.29, 1.82) is 0 Å². The summed E-state index contributed by atoms with van der Waals surface area (Å²) in [7, 11) is 2.05. The van der Waals surface area contributed by atoms with Gasteiger partial charge in [-0.1, -0.05) is 32.3 Å². The zero-order chi connectivity index (χ0) is 26.4. The molecule has 0 spiro atoms. The van der Waals surface area contributed by atoms with Gasteiger partial charge >= 0.3 is 0 Å². The van der Waals surface area contributed by atoms with Crippen LogP contribution >= 0.6 is 0 Å². The largest absolute Gasteiger partial charge is 0.486 e. The number of para-hydroxylation sites is 1. The summed E-state index contributed by atoms with van der Waals surface area (Å²) in [4.78, 5) is 34.8. The lowest BCUT2D eigenvalue weighted by atomic mass is 9.88. The molecule has 2 amide bonds. The summed E-state index contributed by atoms with van der Waals surface area (Å²) in [5.41, 5.74) is 2.10. The molecular weight excluding hydrogens is 468 g/mol. The maximum absolute atomic E-state index is 13.7. The first-order valence-electron chi connectivity index (χ1n) is 13.5. The summed E-state index contributed by atoms with van der Waals surface area (Å²) in [6.45, 7) is 5.63. The number of hydrogen-bond acceptors (Lipinski definition) is 6. The second-order valence-corrected chi connectivity index (χ2v) is 10.7. The van der Waals surface area contributed by atoms with Gasteiger partial charge in [0.05, 0.1) is 23.9 Å². The van der Waals surface area contributed by atoms with E-state index in [0.717, 1.165) is 37.8 Å². The van der Waals surface area contributed by atoms with E-state index in [4.69, 9.17) is 4.74 Å². The molecule has 0 radical (unpaired) electrons. The molecule has 1 fully saturated rings. The molecule has 1 aliphatic carbocycles. The van der Waals surface area contributed by atoms with Gasteiger partial charge in [0.15, 0.2) is 5.75 Å². The highest BCUT2D eigenvalue weighted by Crippen LogP contribution is 2.36. The number of benzene rings is 1. The number of ether oxygens (including phenoxy) is 1. The minimum absolute atomic E-state index is 0.00640.